The van der Waals surface area contributed by atoms with Gasteiger partial charge in [0.1, 0.15) is 0 Å². The van der Waals surface area contributed by atoms with E-state index in [0.29, 0.717) is 14.5 Å². The van der Waals surface area contributed by atoms with Gasteiger partial charge in [0.25, 0.3) is 0 Å². The summed E-state index contributed by atoms with van der Waals surface area (Å²) in [5.41, 5.74) is 3.00. The summed E-state index contributed by atoms with van der Waals surface area (Å²) >= 11 is 0.404. The van der Waals surface area contributed by atoms with E-state index in [9.17, 15) is 0 Å². The predicted molar refractivity (Wildman–Crippen MR) is 149 cm³/mol. The zero-order chi connectivity index (χ0) is 22.6. The molecule has 0 fully saturated rings. The minimum absolute atomic E-state index is 0.404. The number of benzene rings is 4. The van der Waals surface area contributed by atoms with Crippen LogP contribution in [0.25, 0.3) is 40.8 Å². The molecule has 0 N–H and O–H groups in total. The van der Waals surface area contributed by atoms with Gasteiger partial charge < -0.3 is 0 Å². The van der Waals surface area contributed by atoms with Crippen molar-refractivity contribution in [3.8, 4) is 0 Å². The van der Waals surface area contributed by atoms with Crippen LogP contribution in [0.4, 0.5) is 0 Å². The molecule has 0 unspecified atom stereocenters. The van der Waals surface area contributed by atoms with E-state index in [4.69, 9.17) is 0 Å². The first kappa shape index (κ1) is 22.7. The van der Waals surface area contributed by atoms with Crippen LogP contribution in [0.5, 0.6) is 0 Å². The minimum atomic E-state index is 0.404. The molecule has 0 aliphatic rings. The van der Waals surface area contributed by atoms with Crippen LogP contribution < -0.4 is 0 Å². The Morgan fingerprint density at radius 2 is 0.970 bits per heavy atom. The van der Waals surface area contributed by atoms with Crippen molar-refractivity contribution in [2.45, 2.75) is 78.1 Å². The third-order valence-electron chi connectivity index (χ3n) is 7.15. The first-order valence-electron chi connectivity index (χ1n) is 13.1. The van der Waals surface area contributed by atoms with Crippen molar-refractivity contribution < 1.29 is 0 Å². The average Bonchev–Trinajstić information content (AvgIpc) is 3.17. The molecule has 0 spiro atoms. The molecule has 170 valence electrons. The third-order valence-corrected chi connectivity index (χ3v) is 9.49. The zero-order valence-corrected chi connectivity index (χ0v) is 22.0. The molecule has 4 aromatic carbocycles. The maximum absolute atomic E-state index is 2.49. The number of aryl methyl sites for hydroxylation is 2. The molecule has 0 saturated heterocycles. The van der Waals surface area contributed by atoms with Crippen LogP contribution in [0.15, 0.2) is 60.7 Å². The maximum atomic E-state index is 2.49. The van der Waals surface area contributed by atoms with Gasteiger partial charge in [0.05, 0.1) is 0 Å². The van der Waals surface area contributed by atoms with Crippen molar-refractivity contribution >= 4 is 55.3 Å². The quantitative estimate of drug-likeness (QED) is 0.133. The summed E-state index contributed by atoms with van der Waals surface area (Å²) in [6.07, 6.45) is 13.1. The first-order chi connectivity index (χ1) is 16.2. The van der Waals surface area contributed by atoms with Gasteiger partial charge in [-0.1, -0.05) is 0 Å². The molecule has 0 saturated carbocycles. The van der Waals surface area contributed by atoms with E-state index in [-0.39, 0.29) is 0 Å². The number of hydrogen-bond donors (Lipinski definition) is 0. The van der Waals surface area contributed by atoms with Gasteiger partial charge in [-0.3, -0.25) is 0 Å². The van der Waals surface area contributed by atoms with Gasteiger partial charge >= 0.3 is 205 Å². The van der Waals surface area contributed by atoms with Crippen molar-refractivity contribution in [2.24, 2.45) is 0 Å². The molecule has 0 bridgehead atoms. The van der Waals surface area contributed by atoms with Gasteiger partial charge in [-0.2, -0.15) is 0 Å². The number of unbranched alkanes of at least 4 members (excludes halogenated alkanes) is 6. The van der Waals surface area contributed by atoms with Gasteiger partial charge in [0.15, 0.2) is 0 Å². The summed E-state index contributed by atoms with van der Waals surface area (Å²) in [5.74, 6) is 0. The van der Waals surface area contributed by atoms with Crippen LogP contribution in [0.2, 0.25) is 0 Å². The van der Waals surface area contributed by atoms with Gasteiger partial charge in [0.2, 0.25) is 0 Å². The summed E-state index contributed by atoms with van der Waals surface area (Å²) in [6, 6.07) is 24.2. The van der Waals surface area contributed by atoms with Crippen LogP contribution in [0.1, 0.15) is 76.3 Å². The number of rotatable bonds is 10. The monoisotopic (exact) mass is 500 g/mol. The van der Waals surface area contributed by atoms with Crippen LogP contribution in [-0.2, 0) is 12.8 Å². The standard InChI is InChI=1S/C32H36Se/c1-3-5-7-9-11-23-13-15-25-19-29-30-20-26-16-14-24(12-10-8-6-4-2)18-28(26)22-32(30)33-31(29)21-27(25)17-23/h13-22H,3-12H2,1-2H3. The SMILES string of the molecule is CCCCCCc1ccc2cc3c(cc2c1)[se]c1cc2cc(CCCCCC)ccc2cc13. The molecule has 33 heavy (non-hydrogen) atoms. The molecule has 1 heteroatoms. The first-order valence-corrected chi connectivity index (χ1v) is 14.8. The van der Waals surface area contributed by atoms with E-state index >= 15 is 0 Å². The normalized spacial score (nSPS) is 11.9. The van der Waals surface area contributed by atoms with Crippen molar-refractivity contribution in [2.75, 3.05) is 0 Å². The Labute approximate surface area is 204 Å². The van der Waals surface area contributed by atoms with Gasteiger partial charge in [-0.25, -0.2) is 0 Å². The molecule has 1 aromatic heterocycles. The van der Waals surface area contributed by atoms with Crippen LogP contribution in [-0.4, -0.2) is 14.5 Å². The third kappa shape index (κ3) is 5.06. The fourth-order valence-electron chi connectivity index (χ4n) is 5.18. The molecule has 0 nitrogen and oxygen atoms in total. The van der Waals surface area contributed by atoms with Crippen molar-refractivity contribution in [1.29, 1.82) is 0 Å². The molecule has 0 amide bonds. The van der Waals surface area contributed by atoms with E-state index < -0.39 is 0 Å². The van der Waals surface area contributed by atoms with E-state index in [0.717, 1.165) is 0 Å². The van der Waals surface area contributed by atoms with Crippen LogP contribution >= 0.6 is 0 Å². The second-order valence-electron chi connectivity index (χ2n) is 9.78. The van der Waals surface area contributed by atoms with E-state index in [1.807, 2.05) is 0 Å². The van der Waals surface area contributed by atoms with Gasteiger partial charge in [-0.15, -0.1) is 0 Å². The summed E-state index contributed by atoms with van der Waals surface area (Å²) in [4.78, 5) is 0. The number of fused-ring (bicyclic) bond motifs is 5. The molecule has 0 aliphatic carbocycles. The van der Waals surface area contributed by atoms with Crippen molar-refractivity contribution in [1.82, 2.24) is 0 Å². The fraction of sp³-hybridized carbons (Fsp3) is 0.375. The summed E-state index contributed by atoms with van der Waals surface area (Å²) in [5, 5.41) is 8.57. The molecule has 0 aliphatic heterocycles. The molecule has 0 atom stereocenters. The Morgan fingerprint density at radius 3 is 1.42 bits per heavy atom. The second-order valence-corrected chi connectivity index (χ2v) is 12.1. The Kier molecular flexibility index (Phi) is 7.19. The Bertz CT molecular complexity index is 1280. The topological polar surface area (TPSA) is 0 Å². The van der Waals surface area contributed by atoms with Crippen molar-refractivity contribution in [3.63, 3.8) is 0 Å². The zero-order valence-electron chi connectivity index (χ0n) is 20.3. The average molecular weight is 500 g/mol. The van der Waals surface area contributed by atoms with E-state index in [1.54, 1.807) is 8.52 Å². The van der Waals surface area contributed by atoms with Gasteiger partial charge in [-0.05, 0) is 0 Å². The Hall–Kier alpha value is -2.08. The van der Waals surface area contributed by atoms with Crippen molar-refractivity contribution in [3.05, 3.63) is 71.8 Å². The summed E-state index contributed by atoms with van der Waals surface area (Å²) in [7, 11) is 0. The Morgan fingerprint density at radius 1 is 0.485 bits per heavy atom. The molecular weight excluding hydrogens is 463 g/mol. The second kappa shape index (κ2) is 10.5. The molecule has 1 heterocycles. The van der Waals surface area contributed by atoms with E-state index in [1.165, 1.54) is 108 Å². The number of hydrogen-bond acceptors (Lipinski definition) is 0. The van der Waals surface area contributed by atoms with Gasteiger partial charge in [0, 0.05) is 0 Å². The molecular formula is C32H36Se. The van der Waals surface area contributed by atoms with Crippen LogP contribution in [0.3, 0.4) is 0 Å². The molecule has 5 rings (SSSR count). The fourth-order valence-corrected chi connectivity index (χ4v) is 7.63. The molecule has 5 aromatic rings. The summed E-state index contributed by atoms with van der Waals surface area (Å²) < 4.78 is 3.12. The van der Waals surface area contributed by atoms with E-state index in [2.05, 4.69) is 74.5 Å². The summed E-state index contributed by atoms with van der Waals surface area (Å²) in [6.45, 7) is 4.57. The molecule has 0 radical (unpaired) electrons. The van der Waals surface area contributed by atoms with Crippen LogP contribution in [0, 0.1) is 0 Å². The predicted octanol–water partition coefficient (Wildman–Crippen LogP) is 9.60. The Balaban J connectivity index is 1.47.